The molecule has 1 fully saturated rings. The summed E-state index contributed by atoms with van der Waals surface area (Å²) in [4.78, 5) is 4.72. The lowest BCUT2D eigenvalue weighted by atomic mass is 10.2. The second-order valence-corrected chi connectivity index (χ2v) is 7.90. The standard InChI is InChI=1S/C23H31ClN2O4.ClH/c1-28-22-3-2-4-23(15-22)30-14-13-29-18-21(27)17-26-11-9-25(10-12-26)16-19-5-7-20(24)8-6-19;/h2-8,15,21,27H,9-14,16-18H2,1H3;1H. The average molecular weight is 471 g/mol. The summed E-state index contributed by atoms with van der Waals surface area (Å²) in [5.74, 6) is 1.51. The number of methoxy groups -OCH3 is 1. The number of hydrogen-bond acceptors (Lipinski definition) is 6. The van der Waals surface area contributed by atoms with Crippen LogP contribution in [0.25, 0.3) is 0 Å². The molecule has 8 heteroatoms. The van der Waals surface area contributed by atoms with Crippen molar-refractivity contribution in [1.29, 1.82) is 0 Å². The van der Waals surface area contributed by atoms with E-state index in [-0.39, 0.29) is 12.4 Å². The second-order valence-electron chi connectivity index (χ2n) is 7.46. The summed E-state index contributed by atoms with van der Waals surface area (Å²) < 4.78 is 16.4. The highest BCUT2D eigenvalue weighted by Crippen LogP contribution is 2.18. The molecule has 0 bridgehead atoms. The summed E-state index contributed by atoms with van der Waals surface area (Å²) in [5.41, 5.74) is 1.28. The summed E-state index contributed by atoms with van der Waals surface area (Å²) in [6, 6.07) is 15.5. The number of hydrogen-bond donors (Lipinski definition) is 1. The van der Waals surface area contributed by atoms with Gasteiger partial charge >= 0.3 is 0 Å². The van der Waals surface area contributed by atoms with Crippen LogP contribution < -0.4 is 9.47 Å². The highest BCUT2D eigenvalue weighted by Gasteiger charge is 2.19. The first kappa shape index (κ1) is 25.7. The van der Waals surface area contributed by atoms with Gasteiger partial charge in [-0.25, -0.2) is 0 Å². The van der Waals surface area contributed by atoms with E-state index in [1.165, 1.54) is 5.56 Å². The Morgan fingerprint density at radius 3 is 2.35 bits per heavy atom. The third-order valence-electron chi connectivity index (χ3n) is 5.10. The van der Waals surface area contributed by atoms with Gasteiger partial charge in [0.2, 0.25) is 0 Å². The molecule has 6 nitrogen and oxygen atoms in total. The number of aliphatic hydroxyl groups is 1. The molecule has 31 heavy (non-hydrogen) atoms. The maximum absolute atomic E-state index is 10.3. The molecule has 0 radical (unpaired) electrons. The number of piperazine rings is 1. The van der Waals surface area contributed by atoms with E-state index in [1.807, 2.05) is 36.4 Å². The number of halogens is 2. The summed E-state index contributed by atoms with van der Waals surface area (Å²) in [7, 11) is 1.63. The van der Waals surface area contributed by atoms with E-state index in [4.69, 9.17) is 25.8 Å². The third-order valence-corrected chi connectivity index (χ3v) is 5.35. The minimum atomic E-state index is -0.496. The van der Waals surface area contributed by atoms with Gasteiger partial charge in [0.1, 0.15) is 18.1 Å². The Labute approximate surface area is 196 Å². The Kier molecular flexibility index (Phi) is 11.4. The molecule has 1 atom stereocenters. The molecule has 2 aromatic carbocycles. The van der Waals surface area contributed by atoms with Crippen LogP contribution in [0.4, 0.5) is 0 Å². The molecule has 1 heterocycles. The van der Waals surface area contributed by atoms with Crippen molar-refractivity contribution in [3.8, 4) is 11.5 Å². The van der Waals surface area contributed by atoms with Gasteiger partial charge in [0.05, 0.1) is 26.4 Å². The first-order valence-electron chi connectivity index (χ1n) is 10.3. The van der Waals surface area contributed by atoms with Gasteiger partial charge in [-0.15, -0.1) is 12.4 Å². The van der Waals surface area contributed by atoms with Crippen molar-refractivity contribution in [2.24, 2.45) is 0 Å². The average Bonchev–Trinajstić information content (AvgIpc) is 2.76. The Morgan fingerprint density at radius 1 is 0.968 bits per heavy atom. The Bertz CT molecular complexity index is 755. The molecule has 2 aromatic rings. The molecular weight excluding hydrogens is 439 g/mol. The maximum atomic E-state index is 10.3. The summed E-state index contributed by atoms with van der Waals surface area (Å²) in [6.07, 6.45) is -0.496. The molecule has 0 aliphatic carbocycles. The number of β-amino-alcohol motifs (C(OH)–C–C–N with tert-alkyl or cyclic N) is 1. The van der Waals surface area contributed by atoms with Crippen molar-refractivity contribution in [2.45, 2.75) is 12.6 Å². The lowest BCUT2D eigenvalue weighted by Gasteiger charge is -2.35. The van der Waals surface area contributed by atoms with Crippen LogP contribution in [0, 0.1) is 0 Å². The molecule has 1 aliphatic rings. The normalized spacial score (nSPS) is 15.8. The van der Waals surface area contributed by atoms with Crippen molar-refractivity contribution in [3.05, 3.63) is 59.1 Å². The van der Waals surface area contributed by atoms with Gasteiger partial charge < -0.3 is 19.3 Å². The lowest BCUT2D eigenvalue weighted by Crippen LogP contribution is -2.48. The fourth-order valence-electron chi connectivity index (χ4n) is 3.46. The SMILES string of the molecule is COc1cccc(OCCOCC(O)CN2CCN(Cc3ccc(Cl)cc3)CC2)c1.Cl. The van der Waals surface area contributed by atoms with Crippen molar-refractivity contribution in [2.75, 3.05) is 59.7 Å². The number of benzene rings is 2. The highest BCUT2D eigenvalue weighted by molar-refractivity contribution is 6.30. The van der Waals surface area contributed by atoms with Crippen molar-refractivity contribution in [1.82, 2.24) is 9.80 Å². The van der Waals surface area contributed by atoms with Crippen molar-refractivity contribution < 1.29 is 19.3 Å². The minimum Gasteiger partial charge on any atom is -0.497 e. The summed E-state index contributed by atoms with van der Waals surface area (Å²) in [6.45, 7) is 6.62. The predicted octanol–water partition coefficient (Wildman–Crippen LogP) is 3.34. The van der Waals surface area contributed by atoms with Gasteiger partial charge in [-0.3, -0.25) is 9.80 Å². The van der Waals surface area contributed by atoms with Crippen LogP contribution in [0.5, 0.6) is 11.5 Å². The molecule has 172 valence electrons. The van der Waals surface area contributed by atoms with Crippen LogP contribution in [0.3, 0.4) is 0 Å². The Morgan fingerprint density at radius 2 is 1.65 bits per heavy atom. The first-order valence-corrected chi connectivity index (χ1v) is 10.7. The van der Waals surface area contributed by atoms with E-state index in [1.54, 1.807) is 7.11 Å². The predicted molar refractivity (Wildman–Crippen MR) is 126 cm³/mol. The molecule has 0 saturated carbocycles. The quantitative estimate of drug-likeness (QED) is 0.508. The summed E-state index contributed by atoms with van der Waals surface area (Å²) >= 11 is 5.95. The van der Waals surface area contributed by atoms with E-state index in [2.05, 4.69) is 21.9 Å². The molecule has 0 spiro atoms. The largest absolute Gasteiger partial charge is 0.497 e. The van der Waals surface area contributed by atoms with E-state index in [0.717, 1.165) is 49.2 Å². The number of nitrogens with zero attached hydrogens (tertiary/aromatic N) is 2. The monoisotopic (exact) mass is 470 g/mol. The van der Waals surface area contributed by atoms with E-state index in [9.17, 15) is 5.11 Å². The Balaban J connectivity index is 0.00000341. The minimum absolute atomic E-state index is 0. The summed E-state index contributed by atoms with van der Waals surface area (Å²) in [5, 5.41) is 11.0. The van der Waals surface area contributed by atoms with Crippen LogP contribution in [0.15, 0.2) is 48.5 Å². The van der Waals surface area contributed by atoms with E-state index in [0.29, 0.717) is 26.4 Å². The Hall–Kier alpha value is -1.54. The lowest BCUT2D eigenvalue weighted by molar-refractivity contribution is -0.000445. The molecule has 1 unspecified atom stereocenters. The molecular formula is C23H32Cl2N2O4. The van der Waals surface area contributed by atoms with Gasteiger partial charge in [0.15, 0.2) is 0 Å². The number of aliphatic hydroxyl groups excluding tert-OH is 1. The van der Waals surface area contributed by atoms with Gasteiger partial charge in [-0.2, -0.15) is 0 Å². The molecule has 3 rings (SSSR count). The van der Waals surface area contributed by atoms with Crippen LogP contribution >= 0.6 is 24.0 Å². The van der Waals surface area contributed by atoms with Gasteiger partial charge in [-0.05, 0) is 29.8 Å². The zero-order valence-electron chi connectivity index (χ0n) is 17.9. The van der Waals surface area contributed by atoms with Gasteiger partial charge in [0.25, 0.3) is 0 Å². The fraction of sp³-hybridized carbons (Fsp3) is 0.478. The van der Waals surface area contributed by atoms with E-state index < -0.39 is 6.10 Å². The third kappa shape index (κ3) is 9.23. The van der Waals surface area contributed by atoms with Crippen LogP contribution in [-0.2, 0) is 11.3 Å². The molecule has 1 aliphatic heterocycles. The number of ether oxygens (including phenoxy) is 3. The van der Waals surface area contributed by atoms with Crippen LogP contribution in [0.2, 0.25) is 5.02 Å². The zero-order chi connectivity index (χ0) is 21.2. The zero-order valence-corrected chi connectivity index (χ0v) is 19.5. The topological polar surface area (TPSA) is 54.4 Å². The fourth-order valence-corrected chi connectivity index (χ4v) is 3.58. The van der Waals surface area contributed by atoms with Crippen LogP contribution in [-0.4, -0.2) is 80.7 Å². The van der Waals surface area contributed by atoms with Gasteiger partial charge in [0, 0.05) is 50.4 Å². The molecule has 1 N–H and O–H groups in total. The highest BCUT2D eigenvalue weighted by atomic mass is 35.5. The second kappa shape index (κ2) is 13.8. The smallest absolute Gasteiger partial charge is 0.123 e. The first-order chi connectivity index (χ1) is 14.6. The number of rotatable bonds is 11. The molecule has 0 aromatic heterocycles. The van der Waals surface area contributed by atoms with E-state index >= 15 is 0 Å². The van der Waals surface area contributed by atoms with Crippen molar-refractivity contribution >= 4 is 24.0 Å². The van der Waals surface area contributed by atoms with Crippen molar-refractivity contribution in [3.63, 3.8) is 0 Å². The van der Waals surface area contributed by atoms with Crippen LogP contribution in [0.1, 0.15) is 5.56 Å². The molecule has 0 amide bonds. The maximum Gasteiger partial charge on any atom is 0.123 e. The van der Waals surface area contributed by atoms with Gasteiger partial charge in [-0.1, -0.05) is 29.8 Å². The molecule has 1 saturated heterocycles.